The van der Waals surface area contributed by atoms with Crippen molar-refractivity contribution in [2.75, 3.05) is 13.7 Å². The van der Waals surface area contributed by atoms with Gasteiger partial charge in [0.15, 0.2) is 0 Å². The predicted molar refractivity (Wildman–Crippen MR) is 73.1 cm³/mol. The van der Waals surface area contributed by atoms with Crippen LogP contribution in [0.5, 0.6) is 5.75 Å². The van der Waals surface area contributed by atoms with E-state index in [1.165, 1.54) is 0 Å². The molecule has 2 rings (SSSR count). The van der Waals surface area contributed by atoms with E-state index in [2.05, 4.69) is 10.2 Å². The maximum Gasteiger partial charge on any atom is 0.120 e. The normalized spacial score (nSPS) is 10.7. The molecule has 3 N–H and O–H groups in total. The number of H-pyrrole nitrogens is 1. The lowest BCUT2D eigenvalue weighted by Crippen LogP contribution is -2.04. The van der Waals surface area contributed by atoms with Crippen molar-refractivity contribution >= 4 is 11.6 Å². The van der Waals surface area contributed by atoms with Gasteiger partial charge in [0.05, 0.1) is 17.8 Å². The van der Waals surface area contributed by atoms with Crippen molar-refractivity contribution in [1.82, 2.24) is 10.2 Å². The second kappa shape index (κ2) is 5.42. The molecule has 0 saturated heterocycles. The average molecular weight is 266 g/mol. The Morgan fingerprint density at radius 1 is 1.44 bits per heavy atom. The van der Waals surface area contributed by atoms with E-state index < -0.39 is 0 Å². The van der Waals surface area contributed by atoms with Gasteiger partial charge >= 0.3 is 0 Å². The number of rotatable bonds is 4. The van der Waals surface area contributed by atoms with Crippen LogP contribution in [0.2, 0.25) is 5.02 Å². The van der Waals surface area contributed by atoms with Crippen molar-refractivity contribution in [2.45, 2.75) is 13.3 Å². The van der Waals surface area contributed by atoms with Crippen LogP contribution in [0.25, 0.3) is 11.1 Å². The summed E-state index contributed by atoms with van der Waals surface area (Å²) in [6.45, 7) is 2.54. The van der Waals surface area contributed by atoms with Crippen LogP contribution in [0.15, 0.2) is 18.2 Å². The van der Waals surface area contributed by atoms with Crippen molar-refractivity contribution in [1.29, 1.82) is 0 Å². The number of methoxy groups -OCH3 is 1. The Labute approximate surface area is 111 Å². The first-order valence-corrected chi connectivity index (χ1v) is 6.13. The van der Waals surface area contributed by atoms with E-state index in [0.717, 1.165) is 34.7 Å². The van der Waals surface area contributed by atoms with Gasteiger partial charge in [-0.15, -0.1) is 0 Å². The van der Waals surface area contributed by atoms with Crippen LogP contribution in [-0.2, 0) is 6.42 Å². The molecule has 2 aromatic rings. The summed E-state index contributed by atoms with van der Waals surface area (Å²) in [7, 11) is 1.62. The molecule has 0 spiro atoms. The number of nitrogens with zero attached hydrogens (tertiary/aromatic N) is 1. The number of aromatic nitrogens is 2. The van der Waals surface area contributed by atoms with Crippen LogP contribution in [0, 0.1) is 6.92 Å². The zero-order valence-corrected chi connectivity index (χ0v) is 11.2. The van der Waals surface area contributed by atoms with E-state index in [9.17, 15) is 0 Å². The van der Waals surface area contributed by atoms with Crippen LogP contribution in [0.3, 0.4) is 0 Å². The molecule has 96 valence electrons. The van der Waals surface area contributed by atoms with Gasteiger partial charge in [-0.05, 0) is 31.7 Å². The Morgan fingerprint density at radius 2 is 2.22 bits per heavy atom. The molecule has 0 fully saturated rings. The van der Waals surface area contributed by atoms with Gasteiger partial charge in [0.25, 0.3) is 0 Å². The Bertz CT molecular complexity index is 551. The van der Waals surface area contributed by atoms with Gasteiger partial charge in [-0.25, -0.2) is 0 Å². The molecule has 1 aromatic heterocycles. The van der Waals surface area contributed by atoms with E-state index in [1.54, 1.807) is 13.2 Å². The Balaban J connectivity index is 2.51. The molecule has 0 aliphatic heterocycles. The molecular weight excluding hydrogens is 250 g/mol. The summed E-state index contributed by atoms with van der Waals surface area (Å²) >= 11 is 6.29. The summed E-state index contributed by atoms with van der Waals surface area (Å²) in [6.07, 6.45) is 0.724. The molecule has 0 atom stereocenters. The molecule has 0 saturated carbocycles. The van der Waals surface area contributed by atoms with Crippen LogP contribution >= 0.6 is 11.6 Å². The minimum absolute atomic E-state index is 0.561. The molecule has 0 unspecified atom stereocenters. The lowest BCUT2D eigenvalue weighted by Gasteiger charge is -2.08. The summed E-state index contributed by atoms with van der Waals surface area (Å²) in [5.41, 5.74) is 9.52. The van der Waals surface area contributed by atoms with Gasteiger partial charge in [0, 0.05) is 23.2 Å². The minimum atomic E-state index is 0.561. The Morgan fingerprint density at radius 3 is 2.83 bits per heavy atom. The van der Waals surface area contributed by atoms with E-state index in [-0.39, 0.29) is 0 Å². The van der Waals surface area contributed by atoms with Crippen LogP contribution < -0.4 is 10.5 Å². The summed E-state index contributed by atoms with van der Waals surface area (Å²) < 4.78 is 5.15. The van der Waals surface area contributed by atoms with Gasteiger partial charge in [-0.2, -0.15) is 5.10 Å². The van der Waals surface area contributed by atoms with Crippen LogP contribution in [-0.4, -0.2) is 23.9 Å². The number of benzene rings is 1. The quantitative estimate of drug-likeness (QED) is 0.893. The molecule has 0 aliphatic rings. The molecule has 5 heteroatoms. The highest BCUT2D eigenvalue weighted by Crippen LogP contribution is 2.34. The zero-order chi connectivity index (χ0) is 13.1. The van der Waals surface area contributed by atoms with Crippen molar-refractivity contribution in [3.8, 4) is 16.9 Å². The maximum absolute atomic E-state index is 6.29. The van der Waals surface area contributed by atoms with E-state index >= 15 is 0 Å². The van der Waals surface area contributed by atoms with Crippen molar-refractivity contribution in [2.24, 2.45) is 5.73 Å². The lowest BCUT2D eigenvalue weighted by molar-refractivity contribution is 0.415. The Kier molecular flexibility index (Phi) is 3.89. The third-order valence-electron chi connectivity index (χ3n) is 2.85. The monoisotopic (exact) mass is 265 g/mol. The summed E-state index contributed by atoms with van der Waals surface area (Å²) in [5.74, 6) is 0.741. The molecule has 4 nitrogen and oxygen atoms in total. The van der Waals surface area contributed by atoms with Gasteiger partial charge in [0.2, 0.25) is 0 Å². The highest BCUT2D eigenvalue weighted by molar-refractivity contribution is 6.33. The topological polar surface area (TPSA) is 63.9 Å². The number of ether oxygens (including phenoxy) is 1. The number of hydrogen-bond donors (Lipinski definition) is 2. The van der Waals surface area contributed by atoms with Crippen LogP contribution in [0.1, 0.15) is 11.4 Å². The first kappa shape index (κ1) is 12.9. The average Bonchev–Trinajstić information content (AvgIpc) is 2.71. The minimum Gasteiger partial charge on any atom is -0.497 e. The van der Waals surface area contributed by atoms with Gasteiger partial charge in [0.1, 0.15) is 5.75 Å². The highest BCUT2D eigenvalue weighted by Gasteiger charge is 2.15. The summed E-state index contributed by atoms with van der Waals surface area (Å²) in [5, 5.41) is 7.90. The number of aryl methyl sites for hydroxylation is 1. The smallest absolute Gasteiger partial charge is 0.120 e. The lowest BCUT2D eigenvalue weighted by atomic mass is 10.0. The number of hydrogen-bond acceptors (Lipinski definition) is 3. The van der Waals surface area contributed by atoms with Crippen molar-refractivity contribution in [3.63, 3.8) is 0 Å². The third kappa shape index (κ3) is 2.35. The standard InChI is InChI=1S/C13H16ClN3O/c1-8-13(12(5-6-15)17-16-8)10-4-3-9(18-2)7-11(10)14/h3-4,7H,5-6,15H2,1-2H3,(H,16,17). The second-order valence-electron chi connectivity index (χ2n) is 4.05. The predicted octanol–water partition coefficient (Wildman–Crippen LogP) is 2.55. The molecule has 1 heterocycles. The summed E-state index contributed by atoms with van der Waals surface area (Å²) in [6, 6.07) is 5.63. The first-order chi connectivity index (χ1) is 8.67. The summed E-state index contributed by atoms with van der Waals surface area (Å²) in [4.78, 5) is 0. The van der Waals surface area contributed by atoms with Crippen molar-refractivity contribution < 1.29 is 4.74 Å². The van der Waals surface area contributed by atoms with Crippen LogP contribution in [0.4, 0.5) is 0 Å². The maximum atomic E-state index is 6.29. The fraction of sp³-hybridized carbons (Fsp3) is 0.308. The number of nitrogens with two attached hydrogens (primary N) is 1. The van der Waals surface area contributed by atoms with Crippen molar-refractivity contribution in [3.05, 3.63) is 34.6 Å². The Hall–Kier alpha value is -1.52. The molecule has 0 bridgehead atoms. The molecule has 0 aliphatic carbocycles. The number of aromatic amines is 1. The first-order valence-electron chi connectivity index (χ1n) is 5.75. The molecule has 0 amide bonds. The zero-order valence-electron chi connectivity index (χ0n) is 10.5. The molecule has 18 heavy (non-hydrogen) atoms. The van der Waals surface area contributed by atoms with Gasteiger partial charge < -0.3 is 10.5 Å². The number of halogens is 1. The second-order valence-corrected chi connectivity index (χ2v) is 4.46. The fourth-order valence-corrected chi connectivity index (χ4v) is 2.25. The van der Waals surface area contributed by atoms with Gasteiger partial charge in [-0.3, -0.25) is 5.10 Å². The van der Waals surface area contributed by atoms with Gasteiger partial charge in [-0.1, -0.05) is 11.6 Å². The number of nitrogens with one attached hydrogen (secondary N) is 1. The molecular formula is C13H16ClN3O. The third-order valence-corrected chi connectivity index (χ3v) is 3.16. The SMILES string of the molecule is COc1ccc(-c2c(CCN)n[nH]c2C)c(Cl)c1. The molecule has 1 aromatic carbocycles. The van der Waals surface area contributed by atoms with E-state index in [4.69, 9.17) is 22.1 Å². The van der Waals surface area contributed by atoms with E-state index in [0.29, 0.717) is 11.6 Å². The highest BCUT2D eigenvalue weighted by atomic mass is 35.5. The fourth-order valence-electron chi connectivity index (χ4n) is 1.98. The van der Waals surface area contributed by atoms with E-state index in [1.807, 2.05) is 19.1 Å². The molecule has 0 radical (unpaired) electrons. The largest absolute Gasteiger partial charge is 0.497 e.